The van der Waals surface area contributed by atoms with Gasteiger partial charge < -0.3 is 15.4 Å². The first-order chi connectivity index (χ1) is 13.0. The number of methoxy groups -OCH3 is 1. The summed E-state index contributed by atoms with van der Waals surface area (Å²) in [4.78, 5) is 25.1. The second-order valence-electron chi connectivity index (χ2n) is 6.24. The van der Waals surface area contributed by atoms with Crippen molar-refractivity contribution in [1.82, 2.24) is 10.6 Å². The van der Waals surface area contributed by atoms with E-state index in [1.165, 1.54) is 5.56 Å². The molecular weight excluding hydrogens is 360 g/mol. The van der Waals surface area contributed by atoms with Crippen molar-refractivity contribution in [3.05, 3.63) is 65.2 Å². The van der Waals surface area contributed by atoms with Gasteiger partial charge in [0.1, 0.15) is 11.8 Å². The Morgan fingerprint density at radius 1 is 1.07 bits per heavy atom. The second kappa shape index (κ2) is 10.6. The lowest BCUT2D eigenvalue weighted by Crippen LogP contribution is -2.46. The molecule has 6 heteroatoms. The number of thioether (sulfide) groups is 1. The summed E-state index contributed by atoms with van der Waals surface area (Å²) in [6.45, 7) is 2.46. The number of hydrogen-bond acceptors (Lipinski definition) is 4. The number of ether oxygens (including phenoxy) is 1. The normalized spacial score (nSPS) is 11.5. The van der Waals surface area contributed by atoms with E-state index in [9.17, 15) is 9.59 Å². The number of rotatable bonds is 9. The maximum Gasteiger partial charge on any atom is 0.251 e. The zero-order valence-electron chi connectivity index (χ0n) is 16.0. The Hall–Kier alpha value is -2.47. The topological polar surface area (TPSA) is 67.4 Å². The van der Waals surface area contributed by atoms with E-state index >= 15 is 0 Å². The van der Waals surface area contributed by atoms with Crippen molar-refractivity contribution in [2.24, 2.45) is 0 Å². The van der Waals surface area contributed by atoms with Crippen molar-refractivity contribution < 1.29 is 14.3 Å². The molecule has 2 aromatic rings. The predicted octanol–water partition coefficient (Wildman–Crippen LogP) is 3.17. The zero-order chi connectivity index (χ0) is 19.6. The number of amides is 2. The van der Waals surface area contributed by atoms with Gasteiger partial charge in [0, 0.05) is 12.1 Å². The van der Waals surface area contributed by atoms with Gasteiger partial charge in [-0.3, -0.25) is 9.59 Å². The lowest BCUT2D eigenvalue weighted by Gasteiger charge is -2.18. The van der Waals surface area contributed by atoms with Crippen molar-refractivity contribution >= 4 is 23.6 Å². The van der Waals surface area contributed by atoms with Gasteiger partial charge in [-0.05, 0) is 55.2 Å². The molecule has 5 nitrogen and oxygen atoms in total. The molecule has 2 rings (SSSR count). The number of carbonyl (C=O) groups excluding carboxylic acids is 2. The first-order valence-electron chi connectivity index (χ1n) is 8.80. The molecule has 0 aliphatic rings. The average molecular weight is 387 g/mol. The van der Waals surface area contributed by atoms with E-state index in [1.807, 2.05) is 37.4 Å². The van der Waals surface area contributed by atoms with E-state index in [0.717, 1.165) is 11.3 Å². The summed E-state index contributed by atoms with van der Waals surface area (Å²) in [6, 6.07) is 14.2. The van der Waals surface area contributed by atoms with Gasteiger partial charge in [-0.2, -0.15) is 11.8 Å². The highest BCUT2D eigenvalue weighted by atomic mass is 32.2. The van der Waals surface area contributed by atoms with Crippen LogP contribution in [0.4, 0.5) is 0 Å². The Balaban J connectivity index is 1.98. The fourth-order valence-corrected chi connectivity index (χ4v) is 2.98. The van der Waals surface area contributed by atoms with Crippen LogP contribution in [0.5, 0.6) is 5.75 Å². The van der Waals surface area contributed by atoms with Crippen molar-refractivity contribution in [3.8, 4) is 5.75 Å². The fraction of sp³-hybridized carbons (Fsp3) is 0.333. The molecule has 0 heterocycles. The summed E-state index contributed by atoms with van der Waals surface area (Å²) in [5.41, 5.74) is 2.70. The maximum absolute atomic E-state index is 12.6. The number of carbonyl (C=O) groups is 2. The Morgan fingerprint density at radius 3 is 2.33 bits per heavy atom. The van der Waals surface area contributed by atoms with Gasteiger partial charge in [-0.1, -0.05) is 29.8 Å². The Labute approximate surface area is 164 Å². The van der Waals surface area contributed by atoms with Crippen LogP contribution in [0.25, 0.3) is 0 Å². The highest BCUT2D eigenvalue weighted by Crippen LogP contribution is 2.12. The Morgan fingerprint density at radius 2 is 1.74 bits per heavy atom. The molecule has 0 bridgehead atoms. The third-order valence-corrected chi connectivity index (χ3v) is 4.82. The van der Waals surface area contributed by atoms with Gasteiger partial charge in [0.15, 0.2) is 0 Å². The van der Waals surface area contributed by atoms with Crippen molar-refractivity contribution in [3.63, 3.8) is 0 Å². The standard InChI is InChI=1S/C21H26N2O3S/c1-15-4-6-16(7-5-15)14-22-21(25)19(12-13-27-3)23-20(24)17-8-10-18(26-2)11-9-17/h4-11,19H,12-14H2,1-3H3,(H,22,25)(H,23,24)/t19-/m1/s1. The molecule has 0 unspecified atom stereocenters. The zero-order valence-corrected chi connectivity index (χ0v) is 16.8. The van der Waals surface area contributed by atoms with Crippen molar-refractivity contribution in [1.29, 1.82) is 0 Å². The first-order valence-corrected chi connectivity index (χ1v) is 10.2. The lowest BCUT2D eigenvalue weighted by atomic mass is 10.1. The smallest absolute Gasteiger partial charge is 0.251 e. The highest BCUT2D eigenvalue weighted by Gasteiger charge is 2.21. The van der Waals surface area contributed by atoms with Crippen LogP contribution in [0.3, 0.4) is 0 Å². The lowest BCUT2D eigenvalue weighted by molar-refractivity contribution is -0.123. The third kappa shape index (κ3) is 6.64. The molecule has 0 spiro atoms. The van der Waals surface area contributed by atoms with E-state index in [1.54, 1.807) is 43.1 Å². The summed E-state index contributed by atoms with van der Waals surface area (Å²) in [5, 5.41) is 5.77. The highest BCUT2D eigenvalue weighted by molar-refractivity contribution is 7.98. The largest absolute Gasteiger partial charge is 0.497 e. The predicted molar refractivity (Wildman–Crippen MR) is 110 cm³/mol. The van der Waals surface area contributed by atoms with E-state index in [2.05, 4.69) is 10.6 Å². The summed E-state index contributed by atoms with van der Waals surface area (Å²) in [6.07, 6.45) is 2.55. The Bertz CT molecular complexity index is 745. The van der Waals surface area contributed by atoms with Crippen LogP contribution >= 0.6 is 11.8 Å². The molecule has 0 aliphatic carbocycles. The van der Waals surface area contributed by atoms with Crippen LogP contribution < -0.4 is 15.4 Å². The van der Waals surface area contributed by atoms with E-state index in [-0.39, 0.29) is 11.8 Å². The molecule has 0 saturated heterocycles. The van der Waals surface area contributed by atoms with Crippen molar-refractivity contribution in [2.75, 3.05) is 19.1 Å². The number of benzene rings is 2. The van der Waals surface area contributed by atoms with Crippen LogP contribution in [0.15, 0.2) is 48.5 Å². The molecule has 0 radical (unpaired) electrons. The van der Waals surface area contributed by atoms with Crippen LogP contribution in [-0.4, -0.2) is 37.0 Å². The van der Waals surface area contributed by atoms with Crippen LogP contribution in [-0.2, 0) is 11.3 Å². The van der Waals surface area contributed by atoms with Gasteiger partial charge >= 0.3 is 0 Å². The van der Waals surface area contributed by atoms with Crippen LogP contribution in [0.1, 0.15) is 27.9 Å². The molecule has 1 atom stereocenters. The third-order valence-electron chi connectivity index (χ3n) is 4.17. The van der Waals surface area contributed by atoms with Gasteiger partial charge in [0.05, 0.1) is 7.11 Å². The molecule has 2 aromatic carbocycles. The minimum atomic E-state index is -0.572. The summed E-state index contributed by atoms with van der Waals surface area (Å²) < 4.78 is 5.10. The number of aryl methyl sites for hydroxylation is 1. The monoisotopic (exact) mass is 386 g/mol. The average Bonchev–Trinajstić information content (AvgIpc) is 2.70. The molecule has 2 N–H and O–H groups in total. The van der Waals surface area contributed by atoms with Gasteiger partial charge in [0.2, 0.25) is 5.91 Å². The number of nitrogens with one attached hydrogen (secondary N) is 2. The molecular formula is C21H26N2O3S. The molecule has 0 saturated carbocycles. The molecule has 0 aliphatic heterocycles. The molecule has 27 heavy (non-hydrogen) atoms. The van der Waals surface area contributed by atoms with E-state index in [0.29, 0.717) is 24.3 Å². The minimum Gasteiger partial charge on any atom is -0.497 e. The summed E-state index contributed by atoms with van der Waals surface area (Å²) in [5.74, 6) is 1.02. The molecule has 0 fully saturated rings. The SMILES string of the molecule is COc1ccc(C(=O)N[C@H](CCSC)C(=O)NCc2ccc(C)cc2)cc1. The van der Waals surface area contributed by atoms with Crippen LogP contribution in [0.2, 0.25) is 0 Å². The van der Waals surface area contributed by atoms with E-state index < -0.39 is 6.04 Å². The van der Waals surface area contributed by atoms with E-state index in [4.69, 9.17) is 4.74 Å². The maximum atomic E-state index is 12.6. The molecule has 144 valence electrons. The fourth-order valence-electron chi connectivity index (χ4n) is 2.51. The van der Waals surface area contributed by atoms with Crippen LogP contribution in [0, 0.1) is 6.92 Å². The number of hydrogen-bond donors (Lipinski definition) is 2. The minimum absolute atomic E-state index is 0.175. The summed E-state index contributed by atoms with van der Waals surface area (Å²) in [7, 11) is 1.58. The quantitative estimate of drug-likeness (QED) is 0.695. The van der Waals surface area contributed by atoms with Crippen molar-refractivity contribution in [2.45, 2.75) is 25.9 Å². The summed E-state index contributed by atoms with van der Waals surface area (Å²) >= 11 is 1.64. The molecule has 0 aromatic heterocycles. The molecule has 2 amide bonds. The Kier molecular flexibility index (Phi) is 8.20. The first kappa shape index (κ1) is 20.8. The second-order valence-corrected chi connectivity index (χ2v) is 7.23. The van der Waals surface area contributed by atoms with Gasteiger partial charge in [-0.25, -0.2) is 0 Å². The van der Waals surface area contributed by atoms with Gasteiger partial charge in [-0.15, -0.1) is 0 Å². The van der Waals surface area contributed by atoms with Gasteiger partial charge in [0.25, 0.3) is 5.91 Å².